The molecule has 0 atom stereocenters. The molecule has 0 radical (unpaired) electrons. The zero-order chi connectivity index (χ0) is 35.2. The van der Waals surface area contributed by atoms with Crippen molar-refractivity contribution in [1.82, 2.24) is 0 Å². The van der Waals surface area contributed by atoms with E-state index in [2.05, 4.69) is 179 Å². The maximum atomic E-state index is 5.33. The highest BCUT2D eigenvalue weighted by molar-refractivity contribution is 9.10. The van der Waals surface area contributed by atoms with Crippen molar-refractivity contribution in [3.63, 3.8) is 0 Å². The molecule has 0 unspecified atom stereocenters. The molecule has 0 spiro atoms. The number of fused-ring (bicyclic) bond motifs is 4. The van der Waals surface area contributed by atoms with Crippen LogP contribution in [0.4, 0.5) is 34.1 Å². The van der Waals surface area contributed by atoms with Gasteiger partial charge in [0.05, 0.1) is 37.0 Å². The average molecular weight is 789 g/mol. The van der Waals surface area contributed by atoms with Gasteiger partial charge in [0.2, 0.25) is 0 Å². The zero-order valence-corrected chi connectivity index (χ0v) is 32.3. The summed E-state index contributed by atoms with van der Waals surface area (Å²) >= 11 is 7.29. The third-order valence-electron chi connectivity index (χ3n) is 10.0. The molecule has 252 valence electrons. The summed E-state index contributed by atoms with van der Waals surface area (Å²) in [7, 11) is 3.39. The number of methoxy groups -OCH3 is 2. The van der Waals surface area contributed by atoms with Gasteiger partial charge in [-0.05, 0) is 119 Å². The van der Waals surface area contributed by atoms with E-state index in [1.165, 1.54) is 45.0 Å². The van der Waals surface area contributed by atoms with Gasteiger partial charge in [-0.1, -0.05) is 96.0 Å². The number of rotatable bonds is 4. The van der Waals surface area contributed by atoms with Crippen LogP contribution in [0.3, 0.4) is 0 Å². The lowest BCUT2D eigenvalue weighted by Gasteiger charge is -2.42. The van der Waals surface area contributed by atoms with Gasteiger partial charge in [-0.2, -0.15) is 0 Å². The van der Waals surface area contributed by atoms with E-state index < -0.39 is 0 Å². The Morgan fingerprint density at radius 1 is 0.420 bits per heavy atom. The Morgan fingerprint density at radius 2 is 0.760 bits per heavy atom. The number of para-hydroxylation sites is 2. The van der Waals surface area contributed by atoms with Gasteiger partial charge in [0.1, 0.15) is 11.5 Å². The summed E-state index contributed by atoms with van der Waals surface area (Å²) in [5, 5.41) is 0. The zero-order valence-electron chi connectivity index (χ0n) is 29.2. The first-order valence-electron chi connectivity index (χ1n) is 16.7. The Kier molecular flexibility index (Phi) is 9.04. The molecule has 0 saturated heterocycles. The van der Waals surface area contributed by atoms with Crippen molar-refractivity contribution < 1.29 is 9.47 Å². The Morgan fingerprint density at radius 3 is 1.14 bits per heavy atom. The van der Waals surface area contributed by atoms with Crippen LogP contribution in [-0.4, -0.2) is 14.2 Å². The van der Waals surface area contributed by atoms with E-state index >= 15 is 0 Å². The molecule has 0 bridgehead atoms. The molecule has 2 aliphatic rings. The molecule has 6 heteroatoms. The number of halogens is 2. The van der Waals surface area contributed by atoms with Crippen LogP contribution in [0.2, 0.25) is 0 Å². The van der Waals surface area contributed by atoms with Gasteiger partial charge < -0.3 is 19.3 Å². The van der Waals surface area contributed by atoms with Crippen molar-refractivity contribution in [3.05, 3.63) is 165 Å². The van der Waals surface area contributed by atoms with Crippen LogP contribution < -0.4 is 19.3 Å². The van der Waals surface area contributed by atoms with E-state index in [1.807, 2.05) is 24.3 Å². The highest BCUT2D eigenvalue weighted by atomic mass is 79.9. The number of hydrogen-bond donors (Lipinski definition) is 0. The Bertz CT molecular complexity index is 2070. The third-order valence-corrected chi connectivity index (χ3v) is 11.0. The fourth-order valence-corrected chi connectivity index (χ4v) is 8.09. The molecule has 0 aromatic heterocycles. The maximum absolute atomic E-state index is 5.33. The molecule has 0 aliphatic carbocycles. The molecular weight excluding hydrogens is 748 g/mol. The molecule has 50 heavy (non-hydrogen) atoms. The van der Waals surface area contributed by atoms with Crippen LogP contribution in [0.15, 0.2) is 142 Å². The predicted molar refractivity (Wildman–Crippen MR) is 215 cm³/mol. The summed E-state index contributed by atoms with van der Waals surface area (Å²) in [6.45, 7) is 9.18. The van der Waals surface area contributed by atoms with E-state index in [9.17, 15) is 0 Å². The lowest BCUT2D eigenvalue weighted by Crippen LogP contribution is -2.30. The quantitative estimate of drug-likeness (QED) is 0.178. The lowest BCUT2D eigenvalue weighted by molar-refractivity contribution is 0.414. The number of hydrogen-bond acceptors (Lipinski definition) is 4. The molecule has 0 N–H and O–H groups in total. The minimum Gasteiger partial charge on any atom is -0.497 e. The minimum absolute atomic E-state index is 0.0177. The van der Waals surface area contributed by atoms with Gasteiger partial charge >= 0.3 is 0 Å². The lowest BCUT2D eigenvalue weighted by atomic mass is 9.73. The molecule has 0 saturated carbocycles. The van der Waals surface area contributed by atoms with Gasteiger partial charge in [-0.3, -0.25) is 0 Å². The SMILES string of the molecule is COc1ccc(N2c3ccc(Br)cc3C(C)(C)c3cc(Br)ccc32)cc1.COc1ccc(N2c3ccccc3C(C)(C)c3ccccc32)cc1. The topological polar surface area (TPSA) is 24.9 Å². The van der Waals surface area contributed by atoms with Crippen molar-refractivity contribution in [2.75, 3.05) is 24.0 Å². The van der Waals surface area contributed by atoms with E-state index in [4.69, 9.17) is 9.47 Å². The summed E-state index contributed by atoms with van der Waals surface area (Å²) < 4.78 is 12.8. The molecule has 2 aliphatic heterocycles. The van der Waals surface area contributed by atoms with Crippen molar-refractivity contribution in [2.24, 2.45) is 0 Å². The fourth-order valence-electron chi connectivity index (χ4n) is 7.37. The first-order chi connectivity index (χ1) is 24.0. The first-order valence-corrected chi connectivity index (χ1v) is 18.3. The number of nitrogens with zero attached hydrogens (tertiary/aromatic N) is 2. The summed E-state index contributed by atoms with van der Waals surface area (Å²) in [5.41, 5.74) is 12.3. The summed E-state index contributed by atoms with van der Waals surface area (Å²) in [6.07, 6.45) is 0. The van der Waals surface area contributed by atoms with Gasteiger partial charge in [0.15, 0.2) is 0 Å². The molecule has 4 nitrogen and oxygen atoms in total. The molecule has 8 rings (SSSR count). The number of benzene rings is 6. The second-order valence-corrected chi connectivity index (χ2v) is 15.5. The normalized spacial score (nSPS) is 14.6. The first kappa shape index (κ1) is 34.0. The molecule has 2 heterocycles. The van der Waals surface area contributed by atoms with Gasteiger partial charge in [-0.25, -0.2) is 0 Å². The van der Waals surface area contributed by atoms with Crippen LogP contribution >= 0.6 is 31.9 Å². The molecule has 0 amide bonds. The number of anilines is 6. The number of ether oxygens (including phenoxy) is 2. The molecule has 6 aromatic rings. The largest absolute Gasteiger partial charge is 0.497 e. The predicted octanol–water partition coefficient (Wildman–Crippen LogP) is 13.1. The van der Waals surface area contributed by atoms with E-state index in [1.54, 1.807) is 14.2 Å². The Labute approximate surface area is 312 Å². The van der Waals surface area contributed by atoms with Gasteiger partial charge in [-0.15, -0.1) is 0 Å². The van der Waals surface area contributed by atoms with Crippen LogP contribution in [0.5, 0.6) is 11.5 Å². The fraction of sp³-hybridized carbons (Fsp3) is 0.182. The summed E-state index contributed by atoms with van der Waals surface area (Å²) in [4.78, 5) is 4.67. The van der Waals surface area contributed by atoms with Crippen LogP contribution in [-0.2, 0) is 10.8 Å². The van der Waals surface area contributed by atoms with Crippen LogP contribution in [0.1, 0.15) is 49.9 Å². The average Bonchev–Trinajstić information content (AvgIpc) is 3.13. The van der Waals surface area contributed by atoms with Crippen LogP contribution in [0, 0.1) is 0 Å². The Hall–Kier alpha value is -4.52. The van der Waals surface area contributed by atoms with E-state index in [0.717, 1.165) is 31.8 Å². The van der Waals surface area contributed by atoms with Crippen LogP contribution in [0.25, 0.3) is 0 Å². The van der Waals surface area contributed by atoms with Crippen molar-refractivity contribution in [1.29, 1.82) is 0 Å². The molecular formula is C44H40Br2N2O2. The second-order valence-electron chi connectivity index (χ2n) is 13.7. The van der Waals surface area contributed by atoms with Crippen molar-refractivity contribution >= 4 is 66.0 Å². The molecule has 6 aromatic carbocycles. The highest BCUT2D eigenvalue weighted by Gasteiger charge is 2.38. The van der Waals surface area contributed by atoms with Gasteiger partial charge in [0.25, 0.3) is 0 Å². The van der Waals surface area contributed by atoms with Gasteiger partial charge in [0, 0.05) is 31.2 Å². The maximum Gasteiger partial charge on any atom is 0.119 e. The Balaban J connectivity index is 0.000000157. The van der Waals surface area contributed by atoms with E-state index in [-0.39, 0.29) is 10.8 Å². The summed E-state index contributed by atoms with van der Waals surface area (Å²) in [5.74, 6) is 1.73. The van der Waals surface area contributed by atoms with Crippen molar-refractivity contribution in [3.8, 4) is 11.5 Å². The second kappa shape index (κ2) is 13.3. The minimum atomic E-state index is -0.0960. The monoisotopic (exact) mass is 786 g/mol. The molecule has 0 fully saturated rings. The standard InChI is InChI=1S/C22H19Br2NO.C22H21NO/c1-22(2)18-12-14(23)4-10-20(18)25(16-6-8-17(26-3)9-7-16)21-11-5-15(24)13-19(21)22;1-22(2)18-8-4-6-10-20(18)23(21-11-7-5-9-19(21)22)16-12-14-17(24-3)15-13-16/h4-13H,1-3H3;4-15H,1-3H3. The summed E-state index contributed by atoms with van der Waals surface area (Å²) in [6, 6.07) is 46.9. The smallest absolute Gasteiger partial charge is 0.119 e. The van der Waals surface area contributed by atoms with Crippen molar-refractivity contribution in [2.45, 2.75) is 38.5 Å². The van der Waals surface area contributed by atoms with E-state index in [0.29, 0.717) is 0 Å². The third kappa shape index (κ3) is 5.88. The highest BCUT2D eigenvalue weighted by Crippen LogP contribution is 2.54.